The molecule has 0 N–H and O–H groups in total. The second-order valence-electron chi connectivity index (χ2n) is 4.89. The van der Waals surface area contributed by atoms with E-state index < -0.39 is 10.5 Å². The van der Waals surface area contributed by atoms with Gasteiger partial charge in [-0.25, -0.2) is 0 Å². The zero-order valence-electron chi connectivity index (χ0n) is 9.26. The maximum absolute atomic E-state index is 12.0. The fourth-order valence-electron chi connectivity index (χ4n) is 1.53. The van der Waals surface area contributed by atoms with Gasteiger partial charge in [-0.1, -0.05) is 32.4 Å². The Morgan fingerprint density at radius 3 is 2.50 bits per heavy atom. The van der Waals surface area contributed by atoms with Crippen molar-refractivity contribution in [1.29, 1.82) is 0 Å². The van der Waals surface area contributed by atoms with Gasteiger partial charge in [0.2, 0.25) is 5.06 Å². The van der Waals surface area contributed by atoms with Crippen LogP contribution in [0.25, 0.3) is 0 Å². The molecule has 0 aliphatic carbocycles. The van der Waals surface area contributed by atoms with Gasteiger partial charge in [0.25, 0.3) is 0 Å². The number of nitrogens with zero attached hydrogens (tertiary/aromatic N) is 1. The highest BCUT2D eigenvalue weighted by Gasteiger charge is 2.45. The SMILES string of the molecule is CN1CCOC(Cl)(C(=O)C(C)(C)C)C1. The molecule has 0 saturated carbocycles. The number of likely N-dealkylation sites (N-methyl/N-ethyl adjacent to an activating group) is 1. The zero-order chi connectivity index (χ0) is 11.0. The first-order chi connectivity index (χ1) is 6.26. The molecule has 82 valence electrons. The Labute approximate surface area is 90.4 Å². The van der Waals surface area contributed by atoms with Crippen LogP contribution in [0.2, 0.25) is 0 Å². The van der Waals surface area contributed by atoms with Crippen molar-refractivity contribution in [3.05, 3.63) is 0 Å². The maximum Gasteiger partial charge on any atom is 0.213 e. The van der Waals surface area contributed by atoms with E-state index in [1.54, 1.807) is 0 Å². The summed E-state index contributed by atoms with van der Waals surface area (Å²) in [7, 11) is 1.94. The average molecular weight is 220 g/mol. The molecule has 1 saturated heterocycles. The van der Waals surface area contributed by atoms with Crippen molar-refractivity contribution in [2.45, 2.75) is 25.8 Å². The average Bonchev–Trinajstić information content (AvgIpc) is 2.01. The minimum Gasteiger partial charge on any atom is -0.350 e. The molecule has 0 radical (unpaired) electrons. The van der Waals surface area contributed by atoms with Gasteiger partial charge in [0.05, 0.1) is 6.61 Å². The molecule has 0 aromatic carbocycles. The highest BCUT2D eigenvalue weighted by Crippen LogP contribution is 2.31. The van der Waals surface area contributed by atoms with Gasteiger partial charge in [0, 0.05) is 18.5 Å². The van der Waals surface area contributed by atoms with E-state index in [0.717, 1.165) is 6.54 Å². The summed E-state index contributed by atoms with van der Waals surface area (Å²) < 4.78 is 5.40. The maximum atomic E-state index is 12.0. The van der Waals surface area contributed by atoms with E-state index in [-0.39, 0.29) is 5.78 Å². The first kappa shape index (κ1) is 12.0. The lowest BCUT2D eigenvalue weighted by Crippen LogP contribution is -2.54. The van der Waals surface area contributed by atoms with Gasteiger partial charge in [0.1, 0.15) is 0 Å². The number of hydrogen-bond donors (Lipinski definition) is 0. The summed E-state index contributed by atoms with van der Waals surface area (Å²) in [6, 6.07) is 0. The summed E-state index contributed by atoms with van der Waals surface area (Å²) in [5, 5.41) is -1.15. The Hall–Kier alpha value is -0.120. The Kier molecular flexibility index (Phi) is 3.24. The minimum absolute atomic E-state index is 0.0433. The van der Waals surface area contributed by atoms with E-state index in [0.29, 0.717) is 13.2 Å². The summed E-state index contributed by atoms with van der Waals surface area (Å²) in [4.78, 5) is 14.0. The lowest BCUT2D eigenvalue weighted by atomic mass is 9.86. The second kappa shape index (κ2) is 3.80. The summed E-state index contributed by atoms with van der Waals surface area (Å²) in [6.07, 6.45) is 0. The van der Waals surface area contributed by atoms with Crippen LogP contribution in [0.3, 0.4) is 0 Å². The molecule has 3 nitrogen and oxygen atoms in total. The summed E-state index contributed by atoms with van der Waals surface area (Å²) in [5.74, 6) is -0.0433. The normalized spacial score (nSPS) is 30.4. The van der Waals surface area contributed by atoms with Crippen molar-refractivity contribution in [3.8, 4) is 0 Å². The van der Waals surface area contributed by atoms with Crippen molar-refractivity contribution in [2.24, 2.45) is 5.41 Å². The van der Waals surface area contributed by atoms with Crippen LogP contribution in [0.15, 0.2) is 0 Å². The molecule has 1 unspecified atom stereocenters. The highest BCUT2D eigenvalue weighted by molar-refractivity contribution is 6.35. The Bertz CT molecular complexity index is 237. The largest absolute Gasteiger partial charge is 0.350 e. The van der Waals surface area contributed by atoms with Gasteiger partial charge in [-0.3, -0.25) is 9.69 Å². The molecule has 0 amide bonds. The zero-order valence-corrected chi connectivity index (χ0v) is 10.0. The van der Waals surface area contributed by atoms with Gasteiger partial charge in [-0.05, 0) is 7.05 Å². The quantitative estimate of drug-likeness (QED) is 0.626. The van der Waals surface area contributed by atoms with Crippen LogP contribution < -0.4 is 0 Å². The molecule has 1 fully saturated rings. The summed E-state index contributed by atoms with van der Waals surface area (Å²) in [6.45, 7) is 7.38. The molecule has 0 aromatic heterocycles. The predicted octanol–water partition coefficient (Wildman–Crippen LogP) is 1.50. The van der Waals surface area contributed by atoms with E-state index in [1.165, 1.54) is 0 Å². The molecule has 14 heavy (non-hydrogen) atoms. The second-order valence-corrected chi connectivity index (χ2v) is 5.50. The standard InChI is InChI=1S/C10H18ClNO2/c1-9(2,3)8(13)10(11)7-12(4)5-6-14-10/h5-7H2,1-4H3. The third-order valence-electron chi connectivity index (χ3n) is 2.30. The third-order valence-corrected chi connectivity index (χ3v) is 2.70. The van der Waals surface area contributed by atoms with E-state index in [4.69, 9.17) is 16.3 Å². The molecule has 0 bridgehead atoms. The van der Waals surface area contributed by atoms with Crippen LogP contribution in [-0.2, 0) is 9.53 Å². The van der Waals surface area contributed by atoms with E-state index in [1.807, 2.05) is 32.7 Å². The van der Waals surface area contributed by atoms with Gasteiger partial charge in [0.15, 0.2) is 5.78 Å². The van der Waals surface area contributed by atoms with Crippen molar-refractivity contribution in [3.63, 3.8) is 0 Å². The van der Waals surface area contributed by atoms with Crippen LogP contribution in [-0.4, -0.2) is 42.5 Å². The molecule has 1 atom stereocenters. The first-order valence-electron chi connectivity index (χ1n) is 4.82. The van der Waals surface area contributed by atoms with Crippen LogP contribution in [0, 0.1) is 5.41 Å². The summed E-state index contributed by atoms with van der Waals surface area (Å²) >= 11 is 6.19. The van der Waals surface area contributed by atoms with Crippen molar-refractivity contribution in [1.82, 2.24) is 4.90 Å². The lowest BCUT2D eigenvalue weighted by Gasteiger charge is -2.38. The lowest BCUT2D eigenvalue weighted by molar-refractivity contribution is -0.149. The van der Waals surface area contributed by atoms with E-state index in [9.17, 15) is 4.79 Å². The number of halogens is 1. The molecule has 1 heterocycles. The molecule has 1 rings (SSSR count). The number of Topliss-reactive ketones (excluding diaryl/α,β-unsaturated/α-hetero) is 1. The monoisotopic (exact) mass is 219 g/mol. The molecule has 0 spiro atoms. The van der Waals surface area contributed by atoms with Gasteiger partial charge >= 0.3 is 0 Å². The Balaban J connectivity index is 2.79. The van der Waals surface area contributed by atoms with E-state index >= 15 is 0 Å². The number of alkyl halides is 1. The van der Waals surface area contributed by atoms with Crippen LogP contribution in [0.1, 0.15) is 20.8 Å². The molecular weight excluding hydrogens is 202 g/mol. The fraction of sp³-hybridized carbons (Fsp3) is 0.900. The van der Waals surface area contributed by atoms with E-state index in [2.05, 4.69) is 0 Å². The van der Waals surface area contributed by atoms with Gasteiger partial charge < -0.3 is 4.74 Å². The molecule has 1 aliphatic heterocycles. The number of carbonyl (C=O) groups is 1. The van der Waals surface area contributed by atoms with Crippen LogP contribution in [0.5, 0.6) is 0 Å². The molecule has 4 heteroatoms. The molecular formula is C10H18ClNO2. The van der Waals surface area contributed by atoms with Crippen LogP contribution >= 0.6 is 11.6 Å². The van der Waals surface area contributed by atoms with Crippen molar-refractivity contribution >= 4 is 17.4 Å². The predicted molar refractivity (Wildman–Crippen MR) is 56.5 cm³/mol. The van der Waals surface area contributed by atoms with Gasteiger partial charge in [-0.2, -0.15) is 0 Å². The number of hydrogen-bond acceptors (Lipinski definition) is 3. The van der Waals surface area contributed by atoms with Crippen LogP contribution in [0.4, 0.5) is 0 Å². The summed E-state index contributed by atoms with van der Waals surface area (Å²) in [5.41, 5.74) is -0.458. The number of ether oxygens (including phenoxy) is 1. The number of rotatable bonds is 1. The molecule has 1 aliphatic rings. The Morgan fingerprint density at radius 1 is 1.50 bits per heavy atom. The van der Waals surface area contributed by atoms with Gasteiger partial charge in [-0.15, -0.1) is 0 Å². The highest BCUT2D eigenvalue weighted by atomic mass is 35.5. The minimum atomic E-state index is -1.15. The number of morpholine rings is 1. The number of ketones is 1. The topological polar surface area (TPSA) is 29.5 Å². The van der Waals surface area contributed by atoms with Crippen molar-refractivity contribution < 1.29 is 9.53 Å². The smallest absolute Gasteiger partial charge is 0.213 e. The fourth-order valence-corrected chi connectivity index (χ4v) is 2.10. The third kappa shape index (κ3) is 2.47. The van der Waals surface area contributed by atoms with Crippen molar-refractivity contribution in [2.75, 3.05) is 26.7 Å². The Morgan fingerprint density at radius 2 is 2.07 bits per heavy atom. The molecule has 0 aromatic rings. The first-order valence-corrected chi connectivity index (χ1v) is 5.20. The number of carbonyl (C=O) groups excluding carboxylic acids is 1.